The Morgan fingerprint density at radius 3 is 2.52 bits per heavy atom. The van der Waals surface area contributed by atoms with Gasteiger partial charge in [0.2, 0.25) is 5.82 Å². The van der Waals surface area contributed by atoms with Crippen molar-refractivity contribution in [3.8, 4) is 16.2 Å². The molecule has 5 nitrogen and oxygen atoms in total. The molecular weight excluding hydrogens is 475 g/mol. The van der Waals surface area contributed by atoms with Gasteiger partial charge in [0.25, 0.3) is 5.91 Å². The molecule has 0 aliphatic heterocycles. The summed E-state index contributed by atoms with van der Waals surface area (Å²) in [6.07, 6.45) is 0. The maximum atomic E-state index is 14.2. The number of hydrogen-bond donors (Lipinski definition) is 2. The molecule has 0 atom stereocenters. The zero-order valence-corrected chi connectivity index (χ0v) is 17.0. The van der Waals surface area contributed by atoms with Gasteiger partial charge in [-0.15, -0.1) is 11.3 Å². The third kappa shape index (κ3) is 3.99. The molecule has 1 aromatic heterocycles. The van der Waals surface area contributed by atoms with Crippen LogP contribution in [0.1, 0.15) is 20.7 Å². The molecule has 3 aromatic rings. The Balaban J connectivity index is 2.01. The Hall–Kier alpha value is -2.85. The molecule has 0 saturated heterocycles. The van der Waals surface area contributed by atoms with E-state index in [0.717, 1.165) is 22.9 Å². The molecule has 1 amide bonds. The molecule has 150 valence electrons. The second kappa shape index (κ2) is 8.26. The van der Waals surface area contributed by atoms with Gasteiger partial charge in [0.05, 0.1) is 23.2 Å². The maximum absolute atomic E-state index is 14.2. The van der Waals surface area contributed by atoms with Crippen LogP contribution < -0.4 is 10.1 Å². The molecule has 1 heterocycles. The van der Waals surface area contributed by atoms with Gasteiger partial charge in [0.1, 0.15) is 5.56 Å². The summed E-state index contributed by atoms with van der Waals surface area (Å²) in [5.74, 6) is -8.03. The summed E-state index contributed by atoms with van der Waals surface area (Å²) in [6.45, 7) is 0. The van der Waals surface area contributed by atoms with Gasteiger partial charge in [0, 0.05) is 9.85 Å². The summed E-state index contributed by atoms with van der Waals surface area (Å²) in [4.78, 5) is 24.5. The van der Waals surface area contributed by atoms with E-state index in [1.165, 1.54) is 5.38 Å². The van der Waals surface area contributed by atoms with E-state index in [4.69, 9.17) is 0 Å². The Morgan fingerprint density at radius 1 is 1.17 bits per heavy atom. The smallest absolute Gasteiger partial charge is 0.339 e. The zero-order valence-electron chi connectivity index (χ0n) is 14.6. The van der Waals surface area contributed by atoms with Crippen LogP contribution in [0.3, 0.4) is 0 Å². The number of hydrogen-bond acceptors (Lipinski definition) is 4. The monoisotopic (exact) mass is 485 g/mol. The molecule has 0 saturated carbocycles. The van der Waals surface area contributed by atoms with Crippen molar-refractivity contribution in [2.24, 2.45) is 0 Å². The van der Waals surface area contributed by atoms with Crippen molar-refractivity contribution < 1.29 is 32.6 Å². The first kappa shape index (κ1) is 20.9. The maximum Gasteiger partial charge on any atom is 0.339 e. The highest BCUT2D eigenvalue weighted by Crippen LogP contribution is 2.37. The largest absolute Gasteiger partial charge is 0.491 e. The van der Waals surface area contributed by atoms with Crippen LogP contribution in [0.4, 0.5) is 18.9 Å². The van der Waals surface area contributed by atoms with E-state index >= 15 is 0 Å². The lowest BCUT2D eigenvalue weighted by atomic mass is 10.1. The van der Waals surface area contributed by atoms with Crippen molar-refractivity contribution in [3.05, 3.63) is 68.8 Å². The lowest BCUT2D eigenvalue weighted by molar-refractivity contribution is 0.0699. The standard InChI is InChI=1S/C19H11BrF3NO4S/c1-28-16-11(21)6-10(14(22)15(16)23)18(25)24-12-7-29-17(13(12)19(26)27)8-3-2-4-9(20)5-8/h2-7H,1H3,(H,24,25)(H,26,27). The molecule has 0 spiro atoms. The molecule has 29 heavy (non-hydrogen) atoms. The Kier molecular flexibility index (Phi) is 5.94. The number of amides is 1. The van der Waals surface area contributed by atoms with Crippen molar-refractivity contribution >= 4 is 44.8 Å². The third-order valence-corrected chi connectivity index (χ3v) is 5.43. The second-order valence-corrected chi connectivity index (χ2v) is 7.49. The van der Waals surface area contributed by atoms with Gasteiger partial charge >= 0.3 is 5.97 Å². The summed E-state index contributed by atoms with van der Waals surface area (Å²) in [5.41, 5.74) is -0.697. The van der Waals surface area contributed by atoms with E-state index in [-0.39, 0.29) is 11.3 Å². The summed E-state index contributed by atoms with van der Waals surface area (Å²) >= 11 is 4.34. The van der Waals surface area contributed by atoms with Crippen molar-refractivity contribution in [2.75, 3.05) is 12.4 Å². The van der Waals surface area contributed by atoms with E-state index in [1.54, 1.807) is 24.3 Å². The fraction of sp³-hybridized carbons (Fsp3) is 0.0526. The molecule has 2 N–H and O–H groups in total. The summed E-state index contributed by atoms with van der Waals surface area (Å²) < 4.78 is 47.0. The van der Waals surface area contributed by atoms with Gasteiger partial charge in [-0.05, 0) is 23.8 Å². The molecular formula is C19H11BrF3NO4S. The highest BCUT2D eigenvalue weighted by Gasteiger charge is 2.26. The van der Waals surface area contributed by atoms with Crippen LogP contribution in [0.5, 0.6) is 5.75 Å². The molecule has 0 aliphatic carbocycles. The molecule has 10 heteroatoms. The SMILES string of the molecule is COc1c(F)cc(C(=O)Nc2csc(-c3cccc(Br)c3)c2C(=O)O)c(F)c1F. The predicted octanol–water partition coefficient (Wildman–Crippen LogP) is 5.55. The normalized spacial score (nSPS) is 10.7. The Morgan fingerprint density at radius 2 is 1.90 bits per heavy atom. The minimum atomic E-state index is -1.66. The number of rotatable bonds is 5. The summed E-state index contributed by atoms with van der Waals surface area (Å²) in [5, 5.41) is 13.2. The summed E-state index contributed by atoms with van der Waals surface area (Å²) in [6, 6.07) is 7.33. The van der Waals surface area contributed by atoms with Crippen molar-refractivity contribution in [1.29, 1.82) is 0 Å². The highest BCUT2D eigenvalue weighted by atomic mass is 79.9. The minimum absolute atomic E-state index is 0.126. The summed E-state index contributed by atoms with van der Waals surface area (Å²) in [7, 11) is 0.953. The van der Waals surface area contributed by atoms with Crippen LogP contribution in [-0.4, -0.2) is 24.1 Å². The molecule has 0 bridgehead atoms. The molecule has 0 unspecified atom stereocenters. The van der Waals surface area contributed by atoms with Crippen LogP contribution in [0, 0.1) is 17.5 Å². The van der Waals surface area contributed by atoms with Gasteiger partial charge in [0.15, 0.2) is 17.4 Å². The Bertz CT molecular complexity index is 1130. The number of carbonyl (C=O) groups is 2. The topological polar surface area (TPSA) is 75.6 Å². The van der Waals surface area contributed by atoms with Gasteiger partial charge in [-0.2, -0.15) is 4.39 Å². The van der Waals surface area contributed by atoms with Crippen molar-refractivity contribution in [2.45, 2.75) is 0 Å². The second-order valence-electron chi connectivity index (χ2n) is 5.69. The van der Waals surface area contributed by atoms with E-state index < -0.39 is 40.6 Å². The number of benzene rings is 2. The van der Waals surface area contributed by atoms with E-state index in [1.807, 2.05) is 0 Å². The number of nitrogens with one attached hydrogen (secondary N) is 1. The van der Waals surface area contributed by atoms with E-state index in [9.17, 15) is 27.9 Å². The van der Waals surface area contributed by atoms with Gasteiger partial charge in [-0.25, -0.2) is 13.6 Å². The molecule has 2 aromatic carbocycles. The van der Waals surface area contributed by atoms with E-state index in [0.29, 0.717) is 16.5 Å². The first-order chi connectivity index (χ1) is 13.7. The van der Waals surface area contributed by atoms with Gasteiger partial charge < -0.3 is 15.2 Å². The molecule has 0 aliphatic rings. The Labute approximate surface area is 174 Å². The lowest BCUT2D eigenvalue weighted by Crippen LogP contribution is -2.17. The molecule has 0 radical (unpaired) electrons. The number of carboxylic acid groups (broad SMARTS) is 1. The number of thiophene rings is 1. The number of carbonyl (C=O) groups excluding carboxylic acids is 1. The van der Waals surface area contributed by atoms with Crippen molar-refractivity contribution in [3.63, 3.8) is 0 Å². The van der Waals surface area contributed by atoms with Gasteiger partial charge in [-0.1, -0.05) is 28.1 Å². The van der Waals surface area contributed by atoms with Gasteiger partial charge in [-0.3, -0.25) is 4.79 Å². The van der Waals surface area contributed by atoms with Crippen LogP contribution >= 0.6 is 27.3 Å². The number of halogens is 4. The highest BCUT2D eigenvalue weighted by molar-refractivity contribution is 9.10. The molecule has 0 fully saturated rings. The first-order valence-electron chi connectivity index (χ1n) is 7.88. The third-order valence-electron chi connectivity index (χ3n) is 3.91. The zero-order chi connectivity index (χ0) is 21.3. The van der Waals surface area contributed by atoms with Crippen LogP contribution in [0.2, 0.25) is 0 Å². The van der Waals surface area contributed by atoms with E-state index in [2.05, 4.69) is 26.0 Å². The lowest BCUT2D eigenvalue weighted by Gasteiger charge is -2.10. The molecule has 3 rings (SSSR count). The van der Waals surface area contributed by atoms with Crippen LogP contribution in [0.25, 0.3) is 10.4 Å². The average Bonchev–Trinajstić information content (AvgIpc) is 3.09. The first-order valence-corrected chi connectivity index (χ1v) is 9.55. The number of aromatic carboxylic acids is 1. The fourth-order valence-corrected chi connectivity index (χ4v) is 4.01. The number of anilines is 1. The van der Waals surface area contributed by atoms with Crippen LogP contribution in [0.15, 0.2) is 40.2 Å². The minimum Gasteiger partial charge on any atom is -0.491 e. The number of carboxylic acids is 1. The average molecular weight is 486 g/mol. The van der Waals surface area contributed by atoms with Crippen molar-refractivity contribution in [1.82, 2.24) is 0 Å². The number of methoxy groups -OCH3 is 1. The fourth-order valence-electron chi connectivity index (χ4n) is 2.62. The number of ether oxygens (including phenoxy) is 1. The van der Waals surface area contributed by atoms with Crippen LogP contribution in [-0.2, 0) is 0 Å². The quantitative estimate of drug-likeness (QED) is 0.464. The predicted molar refractivity (Wildman–Crippen MR) is 105 cm³/mol.